The lowest BCUT2D eigenvalue weighted by molar-refractivity contribution is 0.234. The lowest BCUT2D eigenvalue weighted by atomic mass is 10.2. The number of likely N-dealkylation sites (tertiary alicyclic amines) is 1. The van der Waals surface area contributed by atoms with Crippen molar-refractivity contribution in [1.29, 1.82) is 0 Å². The van der Waals surface area contributed by atoms with E-state index in [1.807, 2.05) is 36.4 Å². The molecule has 34 heavy (non-hydrogen) atoms. The van der Waals surface area contributed by atoms with E-state index in [0.717, 1.165) is 30.6 Å². The van der Waals surface area contributed by atoms with Gasteiger partial charge >= 0.3 is 0 Å². The minimum Gasteiger partial charge on any atom is -0.508 e. The van der Waals surface area contributed by atoms with Crippen molar-refractivity contribution >= 4 is 11.8 Å². The van der Waals surface area contributed by atoms with Gasteiger partial charge in [0, 0.05) is 18.8 Å². The quantitative estimate of drug-likeness (QED) is 0.486. The van der Waals surface area contributed by atoms with Crippen LogP contribution in [0.4, 0.5) is 4.39 Å². The van der Waals surface area contributed by atoms with Crippen LogP contribution >= 0.6 is 11.8 Å². The third kappa shape index (κ3) is 8.47. The van der Waals surface area contributed by atoms with E-state index in [-0.39, 0.29) is 5.75 Å². The lowest BCUT2D eigenvalue weighted by Gasteiger charge is -2.16. The highest BCUT2D eigenvalue weighted by Gasteiger charge is 2.18. The van der Waals surface area contributed by atoms with Crippen molar-refractivity contribution in [2.75, 3.05) is 38.6 Å². The molecule has 0 bridgehead atoms. The van der Waals surface area contributed by atoms with Gasteiger partial charge in [-0.1, -0.05) is 43.3 Å². The molecule has 0 radical (unpaired) electrons. The second-order valence-corrected chi connectivity index (χ2v) is 9.22. The second kappa shape index (κ2) is 13.7. The fraction of sp³-hybridized carbons (Fsp3) is 0.333. The van der Waals surface area contributed by atoms with Crippen molar-refractivity contribution in [3.63, 3.8) is 0 Å². The van der Waals surface area contributed by atoms with E-state index in [4.69, 9.17) is 19.7 Å². The molecule has 2 heterocycles. The highest BCUT2D eigenvalue weighted by atomic mass is 32.2. The molecule has 1 saturated heterocycles. The first kappa shape index (κ1) is 25.7. The summed E-state index contributed by atoms with van der Waals surface area (Å²) in [6, 6.07) is 21.6. The maximum Gasteiger partial charge on any atom is 0.182 e. The predicted octanol–water partition coefficient (Wildman–Crippen LogP) is 5.82. The molecule has 3 aromatic carbocycles. The summed E-state index contributed by atoms with van der Waals surface area (Å²) in [5.74, 6) is 2.53. The maximum atomic E-state index is 13.1. The summed E-state index contributed by atoms with van der Waals surface area (Å²) in [4.78, 5) is 2.90. The molecule has 7 heteroatoms. The molecule has 0 aromatic heterocycles. The number of fused-ring (bicyclic) bond motifs is 1. The molecule has 182 valence electrons. The number of ether oxygens (including phenoxy) is 2. The van der Waals surface area contributed by atoms with Crippen molar-refractivity contribution in [2.24, 2.45) is 5.92 Å². The molecule has 2 aliphatic heterocycles. The molecular weight excluding hydrogens is 453 g/mol. The monoisotopic (exact) mass is 485 g/mol. The molecular formula is C27H32FNO4S. The minimum atomic E-state index is -0.572. The van der Waals surface area contributed by atoms with Crippen molar-refractivity contribution in [3.8, 4) is 23.0 Å². The van der Waals surface area contributed by atoms with Gasteiger partial charge in [0.25, 0.3) is 0 Å². The van der Waals surface area contributed by atoms with Crippen LogP contribution < -0.4 is 9.47 Å². The first-order chi connectivity index (χ1) is 16.5. The van der Waals surface area contributed by atoms with Crippen LogP contribution in [-0.2, 0) is 0 Å². The Kier molecular flexibility index (Phi) is 10.4. The predicted molar refractivity (Wildman–Crippen MR) is 135 cm³/mol. The molecule has 0 amide bonds. The molecule has 2 aliphatic rings. The van der Waals surface area contributed by atoms with Crippen LogP contribution in [0, 0.1) is 11.7 Å². The van der Waals surface area contributed by atoms with Crippen LogP contribution in [0.2, 0.25) is 0 Å². The van der Waals surface area contributed by atoms with E-state index in [1.165, 1.54) is 37.3 Å². The summed E-state index contributed by atoms with van der Waals surface area (Å²) in [6.07, 6.45) is 1.34. The van der Waals surface area contributed by atoms with Crippen molar-refractivity contribution < 1.29 is 24.1 Å². The maximum absolute atomic E-state index is 13.1. The number of nitrogens with zero attached hydrogens (tertiary/aromatic N) is 1. The Morgan fingerprint density at radius 3 is 2.35 bits per heavy atom. The van der Waals surface area contributed by atoms with E-state index >= 15 is 0 Å². The number of halogens is 1. The van der Waals surface area contributed by atoms with Crippen LogP contribution in [-0.4, -0.2) is 53.7 Å². The van der Waals surface area contributed by atoms with E-state index in [0.29, 0.717) is 23.0 Å². The van der Waals surface area contributed by atoms with Crippen molar-refractivity contribution in [1.82, 2.24) is 4.90 Å². The van der Waals surface area contributed by atoms with Gasteiger partial charge in [0.15, 0.2) is 11.6 Å². The number of benzene rings is 3. The molecule has 5 rings (SSSR count). The van der Waals surface area contributed by atoms with Gasteiger partial charge in [0.2, 0.25) is 0 Å². The lowest BCUT2D eigenvalue weighted by Crippen LogP contribution is -2.25. The van der Waals surface area contributed by atoms with E-state index in [2.05, 4.69) is 11.8 Å². The van der Waals surface area contributed by atoms with Gasteiger partial charge in [-0.25, -0.2) is 4.39 Å². The summed E-state index contributed by atoms with van der Waals surface area (Å²) < 4.78 is 24.0. The van der Waals surface area contributed by atoms with E-state index < -0.39 is 5.82 Å². The summed E-state index contributed by atoms with van der Waals surface area (Å²) >= 11 is 1.37. The minimum absolute atomic E-state index is 0.313. The number of thioether (sulfide) groups is 1. The standard InChI is InChI=1S/C13H19NO.C8H7FO2S.C6H6O/c1-12-7-8-14(11-12)9-10-15-13-5-3-2-4-6-13;9-7-5(10)1-2-6-8(7)12-4-3-11-6;7-6-4-2-1-3-5-6/h2-6,12H,7-11H2,1H3;1-2,10H,3-4H2;1-5,7H/t12-;;/m1../s1. The molecule has 1 fully saturated rings. The second-order valence-electron chi connectivity index (χ2n) is 8.11. The Labute approximate surface area is 205 Å². The fourth-order valence-electron chi connectivity index (χ4n) is 3.54. The van der Waals surface area contributed by atoms with E-state index in [1.54, 1.807) is 30.3 Å². The molecule has 2 N–H and O–H groups in total. The number of hydrogen-bond acceptors (Lipinski definition) is 6. The zero-order valence-corrected chi connectivity index (χ0v) is 20.2. The highest BCUT2D eigenvalue weighted by molar-refractivity contribution is 7.99. The summed E-state index contributed by atoms with van der Waals surface area (Å²) in [6.45, 7) is 7.24. The Morgan fingerprint density at radius 2 is 1.74 bits per heavy atom. The average molecular weight is 486 g/mol. The van der Waals surface area contributed by atoms with Crippen LogP contribution in [0.25, 0.3) is 0 Å². The van der Waals surface area contributed by atoms with Gasteiger partial charge in [-0.05, 0) is 55.3 Å². The number of aromatic hydroxyl groups is 2. The normalized spacial score (nSPS) is 16.7. The van der Waals surface area contributed by atoms with Gasteiger partial charge in [-0.2, -0.15) is 0 Å². The first-order valence-corrected chi connectivity index (χ1v) is 12.4. The Hall–Kier alpha value is -2.90. The summed E-state index contributed by atoms with van der Waals surface area (Å²) in [5.41, 5.74) is 0. The smallest absolute Gasteiger partial charge is 0.182 e. The molecule has 1 atom stereocenters. The van der Waals surface area contributed by atoms with Gasteiger partial charge in [-0.15, -0.1) is 11.8 Å². The van der Waals surface area contributed by atoms with Crippen LogP contribution in [0.1, 0.15) is 13.3 Å². The summed E-state index contributed by atoms with van der Waals surface area (Å²) in [7, 11) is 0. The van der Waals surface area contributed by atoms with E-state index in [9.17, 15) is 4.39 Å². The molecule has 0 unspecified atom stereocenters. The average Bonchev–Trinajstić information content (AvgIpc) is 3.28. The first-order valence-electron chi connectivity index (χ1n) is 11.4. The van der Waals surface area contributed by atoms with Gasteiger partial charge < -0.3 is 19.7 Å². The Balaban J connectivity index is 0.000000152. The van der Waals surface area contributed by atoms with Crippen LogP contribution in [0.15, 0.2) is 77.7 Å². The number of hydrogen-bond donors (Lipinski definition) is 2. The van der Waals surface area contributed by atoms with Crippen LogP contribution in [0.5, 0.6) is 23.0 Å². The third-order valence-corrected chi connectivity index (χ3v) is 6.35. The van der Waals surface area contributed by atoms with Gasteiger partial charge in [0.1, 0.15) is 23.9 Å². The highest BCUT2D eigenvalue weighted by Crippen LogP contribution is 2.38. The zero-order valence-electron chi connectivity index (χ0n) is 19.4. The SMILES string of the molecule is C[C@@H]1CCN(CCOc2ccccc2)C1.Oc1ccc2c(c1F)SCCO2.Oc1ccccc1. The molecule has 0 aliphatic carbocycles. The molecule has 0 saturated carbocycles. The largest absolute Gasteiger partial charge is 0.508 e. The van der Waals surface area contributed by atoms with Crippen molar-refractivity contribution in [3.05, 3.63) is 78.6 Å². The molecule has 5 nitrogen and oxygen atoms in total. The van der Waals surface area contributed by atoms with Gasteiger partial charge in [0.05, 0.1) is 11.5 Å². The third-order valence-electron chi connectivity index (χ3n) is 5.31. The fourth-order valence-corrected chi connectivity index (χ4v) is 4.41. The molecule has 3 aromatic rings. The number of phenolic OH excluding ortho intramolecular Hbond substituents is 2. The topological polar surface area (TPSA) is 62.2 Å². The number of para-hydroxylation sites is 2. The molecule has 0 spiro atoms. The number of rotatable bonds is 4. The number of phenols is 2. The zero-order chi connectivity index (χ0) is 24.2. The van der Waals surface area contributed by atoms with Gasteiger partial charge in [-0.3, -0.25) is 4.90 Å². The Bertz CT molecular complexity index is 991. The Morgan fingerprint density at radius 1 is 1.03 bits per heavy atom. The summed E-state index contributed by atoms with van der Waals surface area (Å²) in [5, 5.41) is 17.7. The van der Waals surface area contributed by atoms with Crippen molar-refractivity contribution in [2.45, 2.75) is 18.2 Å². The van der Waals surface area contributed by atoms with Crippen LogP contribution in [0.3, 0.4) is 0 Å².